The molecule has 1 unspecified atom stereocenters. The van der Waals surface area contributed by atoms with Gasteiger partial charge in [-0.25, -0.2) is 0 Å². The lowest BCUT2D eigenvalue weighted by atomic mass is 10.0. The van der Waals surface area contributed by atoms with Gasteiger partial charge in [-0.05, 0) is 45.5 Å². The van der Waals surface area contributed by atoms with E-state index < -0.39 is 0 Å². The molecule has 1 aromatic rings. The average Bonchev–Trinajstić information content (AvgIpc) is 2.61. The standard InChI is InChI=1S/C16H26N2O/c1-14-4-6-15(7-5-14)16(19)8-11-18-10-3-9-17(2)12-13-18/h4-7,16,19H,3,8-13H2,1-2H3. The van der Waals surface area contributed by atoms with E-state index in [1.54, 1.807) is 0 Å². The molecule has 1 aromatic carbocycles. The van der Waals surface area contributed by atoms with Crippen molar-refractivity contribution in [2.75, 3.05) is 39.8 Å². The summed E-state index contributed by atoms with van der Waals surface area (Å²) in [4.78, 5) is 4.86. The van der Waals surface area contributed by atoms with Gasteiger partial charge in [0.1, 0.15) is 0 Å². The molecule has 1 saturated heterocycles. The summed E-state index contributed by atoms with van der Waals surface area (Å²) in [5.41, 5.74) is 2.28. The molecule has 0 spiro atoms. The van der Waals surface area contributed by atoms with E-state index in [1.807, 2.05) is 12.1 Å². The van der Waals surface area contributed by atoms with Gasteiger partial charge in [0.15, 0.2) is 0 Å². The van der Waals surface area contributed by atoms with Gasteiger partial charge in [-0.15, -0.1) is 0 Å². The first-order valence-corrected chi connectivity index (χ1v) is 7.30. The number of aryl methyl sites for hydroxylation is 1. The summed E-state index contributed by atoms with van der Waals surface area (Å²) in [6, 6.07) is 8.21. The summed E-state index contributed by atoms with van der Waals surface area (Å²) in [5.74, 6) is 0. The fourth-order valence-electron chi connectivity index (χ4n) is 2.58. The molecule has 3 nitrogen and oxygen atoms in total. The normalized spacial score (nSPS) is 20.2. The van der Waals surface area contributed by atoms with Gasteiger partial charge in [-0.1, -0.05) is 29.8 Å². The third-order valence-corrected chi connectivity index (χ3v) is 3.99. The minimum absolute atomic E-state index is 0.332. The van der Waals surface area contributed by atoms with Crippen LogP contribution in [0.2, 0.25) is 0 Å². The zero-order chi connectivity index (χ0) is 13.7. The molecule has 1 atom stereocenters. The number of hydrogen-bond acceptors (Lipinski definition) is 3. The first kappa shape index (κ1) is 14.5. The predicted octanol–water partition coefficient (Wildman–Crippen LogP) is 2.06. The minimum Gasteiger partial charge on any atom is -0.388 e. The molecule has 0 aromatic heterocycles. The quantitative estimate of drug-likeness (QED) is 0.900. The highest BCUT2D eigenvalue weighted by atomic mass is 16.3. The number of likely N-dealkylation sites (N-methyl/N-ethyl adjacent to an activating group) is 1. The second-order valence-electron chi connectivity index (χ2n) is 5.71. The molecule has 106 valence electrons. The molecule has 1 N–H and O–H groups in total. The highest BCUT2D eigenvalue weighted by Gasteiger charge is 2.14. The van der Waals surface area contributed by atoms with Gasteiger partial charge in [0.25, 0.3) is 0 Å². The SMILES string of the molecule is Cc1ccc(C(O)CCN2CCCN(C)CC2)cc1. The molecule has 0 aliphatic carbocycles. The van der Waals surface area contributed by atoms with Crippen LogP contribution >= 0.6 is 0 Å². The number of nitrogens with zero attached hydrogens (tertiary/aromatic N) is 2. The first-order valence-electron chi connectivity index (χ1n) is 7.30. The Labute approximate surface area is 116 Å². The predicted molar refractivity (Wildman–Crippen MR) is 79.3 cm³/mol. The van der Waals surface area contributed by atoms with E-state index in [-0.39, 0.29) is 6.10 Å². The highest BCUT2D eigenvalue weighted by Crippen LogP contribution is 2.17. The maximum Gasteiger partial charge on any atom is 0.0802 e. The highest BCUT2D eigenvalue weighted by molar-refractivity contribution is 5.22. The fraction of sp³-hybridized carbons (Fsp3) is 0.625. The molecule has 0 saturated carbocycles. The van der Waals surface area contributed by atoms with Gasteiger partial charge < -0.3 is 14.9 Å². The van der Waals surface area contributed by atoms with Crippen molar-refractivity contribution >= 4 is 0 Å². The van der Waals surface area contributed by atoms with Crippen LogP contribution in [-0.4, -0.2) is 54.7 Å². The molecular weight excluding hydrogens is 236 g/mol. The third-order valence-electron chi connectivity index (χ3n) is 3.99. The minimum atomic E-state index is -0.332. The Hall–Kier alpha value is -0.900. The van der Waals surface area contributed by atoms with Crippen molar-refractivity contribution in [1.82, 2.24) is 9.80 Å². The van der Waals surface area contributed by atoms with E-state index in [0.717, 1.165) is 38.2 Å². The summed E-state index contributed by atoms with van der Waals surface area (Å²) in [6.07, 6.45) is 1.73. The van der Waals surface area contributed by atoms with Gasteiger partial charge in [0, 0.05) is 19.6 Å². The number of rotatable bonds is 4. The van der Waals surface area contributed by atoms with Crippen LogP contribution in [-0.2, 0) is 0 Å². The Kier molecular flexibility index (Phi) is 5.37. The average molecular weight is 262 g/mol. The maximum absolute atomic E-state index is 10.2. The zero-order valence-corrected chi connectivity index (χ0v) is 12.2. The lowest BCUT2D eigenvalue weighted by Crippen LogP contribution is -2.30. The van der Waals surface area contributed by atoms with Gasteiger partial charge in [-0.2, -0.15) is 0 Å². The molecule has 0 radical (unpaired) electrons. The van der Waals surface area contributed by atoms with Crippen LogP contribution in [0.15, 0.2) is 24.3 Å². The van der Waals surface area contributed by atoms with Gasteiger partial charge in [0.2, 0.25) is 0 Å². The lowest BCUT2D eigenvalue weighted by Gasteiger charge is -2.21. The van der Waals surface area contributed by atoms with Gasteiger partial charge >= 0.3 is 0 Å². The Morgan fingerprint density at radius 2 is 1.84 bits per heavy atom. The topological polar surface area (TPSA) is 26.7 Å². The molecule has 1 heterocycles. The van der Waals surface area contributed by atoms with Crippen LogP contribution in [0.25, 0.3) is 0 Å². The molecule has 19 heavy (non-hydrogen) atoms. The molecule has 0 amide bonds. The van der Waals surface area contributed by atoms with E-state index in [9.17, 15) is 5.11 Å². The fourth-order valence-corrected chi connectivity index (χ4v) is 2.58. The number of hydrogen-bond donors (Lipinski definition) is 1. The number of aliphatic hydroxyl groups is 1. The van der Waals surface area contributed by atoms with Gasteiger partial charge in [0.05, 0.1) is 6.10 Å². The third kappa shape index (κ3) is 4.60. The Morgan fingerprint density at radius 1 is 1.11 bits per heavy atom. The van der Waals surface area contributed by atoms with E-state index in [0.29, 0.717) is 0 Å². The largest absolute Gasteiger partial charge is 0.388 e. The molecule has 1 aliphatic rings. The van der Waals surface area contributed by atoms with Gasteiger partial charge in [-0.3, -0.25) is 0 Å². The van der Waals surface area contributed by atoms with Crippen LogP contribution in [0.1, 0.15) is 30.1 Å². The molecular formula is C16H26N2O. The Bertz CT molecular complexity index is 377. The first-order chi connectivity index (χ1) is 9.15. The molecule has 1 fully saturated rings. The van der Waals surface area contributed by atoms with Crippen LogP contribution < -0.4 is 0 Å². The monoisotopic (exact) mass is 262 g/mol. The van der Waals surface area contributed by atoms with Crippen molar-refractivity contribution in [3.8, 4) is 0 Å². The van der Waals surface area contributed by atoms with Crippen LogP contribution in [0.3, 0.4) is 0 Å². The Morgan fingerprint density at radius 3 is 2.58 bits per heavy atom. The maximum atomic E-state index is 10.2. The van der Waals surface area contributed by atoms with Crippen molar-refractivity contribution in [2.45, 2.75) is 25.9 Å². The van der Waals surface area contributed by atoms with Crippen molar-refractivity contribution in [3.63, 3.8) is 0 Å². The van der Waals surface area contributed by atoms with E-state index in [4.69, 9.17) is 0 Å². The second kappa shape index (κ2) is 7.04. The van der Waals surface area contributed by atoms with Crippen molar-refractivity contribution in [3.05, 3.63) is 35.4 Å². The second-order valence-corrected chi connectivity index (χ2v) is 5.71. The molecule has 0 bridgehead atoms. The van der Waals surface area contributed by atoms with E-state index >= 15 is 0 Å². The number of benzene rings is 1. The molecule has 3 heteroatoms. The van der Waals surface area contributed by atoms with Crippen LogP contribution in [0, 0.1) is 6.92 Å². The number of aliphatic hydroxyl groups excluding tert-OH is 1. The Balaban J connectivity index is 1.79. The summed E-state index contributed by atoms with van der Waals surface area (Å²) in [5, 5.41) is 10.2. The van der Waals surface area contributed by atoms with Crippen molar-refractivity contribution in [2.24, 2.45) is 0 Å². The summed E-state index contributed by atoms with van der Waals surface area (Å²) in [6.45, 7) is 7.67. The van der Waals surface area contributed by atoms with E-state index in [2.05, 4.69) is 35.9 Å². The van der Waals surface area contributed by atoms with Crippen molar-refractivity contribution in [1.29, 1.82) is 0 Å². The summed E-state index contributed by atoms with van der Waals surface area (Å²) >= 11 is 0. The zero-order valence-electron chi connectivity index (χ0n) is 12.2. The molecule has 1 aliphatic heterocycles. The lowest BCUT2D eigenvalue weighted by molar-refractivity contribution is 0.143. The van der Waals surface area contributed by atoms with Crippen LogP contribution in [0.5, 0.6) is 0 Å². The smallest absolute Gasteiger partial charge is 0.0802 e. The van der Waals surface area contributed by atoms with Crippen molar-refractivity contribution < 1.29 is 5.11 Å². The molecule has 2 rings (SSSR count). The summed E-state index contributed by atoms with van der Waals surface area (Å²) < 4.78 is 0. The van der Waals surface area contributed by atoms with E-state index in [1.165, 1.54) is 18.5 Å². The summed E-state index contributed by atoms with van der Waals surface area (Å²) in [7, 11) is 2.19. The van der Waals surface area contributed by atoms with Crippen LogP contribution in [0.4, 0.5) is 0 Å².